The number of aromatic nitrogens is 4. The van der Waals surface area contributed by atoms with Crippen molar-refractivity contribution < 1.29 is 0 Å². The molecule has 0 amide bonds. The minimum atomic E-state index is 0.901. The molecule has 7 rings (SSSR count). The highest BCUT2D eigenvalue weighted by molar-refractivity contribution is 5.98. The van der Waals surface area contributed by atoms with Crippen LogP contribution in [0.1, 0.15) is 0 Å². The molecule has 0 unspecified atom stereocenters. The van der Waals surface area contributed by atoms with Crippen LogP contribution >= 0.6 is 0 Å². The molecule has 0 saturated carbocycles. The predicted molar refractivity (Wildman–Crippen MR) is 150 cm³/mol. The molecule has 4 aromatic carbocycles. The van der Waals surface area contributed by atoms with Gasteiger partial charge >= 0.3 is 0 Å². The second-order valence-corrected chi connectivity index (χ2v) is 9.04. The molecule has 0 bridgehead atoms. The van der Waals surface area contributed by atoms with Crippen LogP contribution in [-0.4, -0.2) is 19.5 Å². The van der Waals surface area contributed by atoms with Crippen LogP contribution in [0.3, 0.4) is 0 Å². The first-order valence-electron chi connectivity index (χ1n) is 12.3. The third-order valence-electron chi connectivity index (χ3n) is 6.76. The first-order valence-corrected chi connectivity index (χ1v) is 12.3. The highest BCUT2D eigenvalue weighted by atomic mass is 15.1. The van der Waals surface area contributed by atoms with E-state index in [1.54, 1.807) is 6.20 Å². The largest absolute Gasteiger partial charge is 0.292 e. The lowest BCUT2D eigenvalue weighted by Crippen LogP contribution is -1.98. The van der Waals surface area contributed by atoms with E-state index in [0.29, 0.717) is 0 Å². The number of rotatable bonds is 4. The maximum absolute atomic E-state index is 5.13. The summed E-state index contributed by atoms with van der Waals surface area (Å²) in [6.45, 7) is 0. The van der Waals surface area contributed by atoms with Crippen molar-refractivity contribution >= 4 is 21.8 Å². The molecule has 0 fully saturated rings. The second kappa shape index (κ2) is 8.85. The highest BCUT2D eigenvalue weighted by Crippen LogP contribution is 2.37. The van der Waals surface area contributed by atoms with Crippen LogP contribution in [0.4, 0.5) is 0 Å². The van der Waals surface area contributed by atoms with E-state index in [0.717, 1.165) is 61.1 Å². The minimum absolute atomic E-state index is 0.901. The van der Waals surface area contributed by atoms with E-state index in [1.165, 1.54) is 0 Å². The number of pyridine rings is 2. The summed E-state index contributed by atoms with van der Waals surface area (Å²) in [6, 6.07) is 37.9. The van der Waals surface area contributed by atoms with Crippen LogP contribution in [0.25, 0.3) is 61.1 Å². The van der Waals surface area contributed by atoms with Gasteiger partial charge < -0.3 is 0 Å². The van der Waals surface area contributed by atoms with Gasteiger partial charge in [-0.25, -0.2) is 4.98 Å². The number of hydrogen-bond acceptors (Lipinski definition) is 3. The molecule has 7 aromatic rings. The fraction of sp³-hybridized carbons (Fsp3) is 0. The average molecular weight is 475 g/mol. The molecule has 0 aliphatic carbocycles. The Morgan fingerprint density at radius 1 is 0.541 bits per heavy atom. The zero-order valence-electron chi connectivity index (χ0n) is 20.0. The molecule has 4 heteroatoms. The molecular formula is C33H22N4. The number of fused-ring (bicyclic) bond motifs is 2. The Hall–Kier alpha value is -5.09. The second-order valence-electron chi connectivity index (χ2n) is 9.04. The number of benzene rings is 4. The molecule has 0 aliphatic heterocycles. The standard InChI is InChI=1S/C33H22N4/c1-2-10-28(11-3-1)37-32-14-5-4-13-31(32)36-33(37)27-19-25(24-9-7-16-34-21-24)18-26(20-27)29-12-6-8-23-15-17-35-22-30(23)29/h1-22H. The smallest absolute Gasteiger partial charge is 0.145 e. The summed E-state index contributed by atoms with van der Waals surface area (Å²) in [5.41, 5.74) is 8.56. The number of imidazole rings is 1. The Morgan fingerprint density at radius 2 is 1.35 bits per heavy atom. The molecule has 4 nitrogen and oxygen atoms in total. The first-order chi connectivity index (χ1) is 18.3. The van der Waals surface area contributed by atoms with Crippen LogP contribution in [0.2, 0.25) is 0 Å². The van der Waals surface area contributed by atoms with Crippen molar-refractivity contribution in [1.29, 1.82) is 0 Å². The molecule has 37 heavy (non-hydrogen) atoms. The lowest BCUT2D eigenvalue weighted by molar-refractivity contribution is 1.10. The molecule has 0 N–H and O–H groups in total. The van der Waals surface area contributed by atoms with Crippen LogP contribution in [0.15, 0.2) is 134 Å². The Balaban J connectivity index is 1.54. The summed E-state index contributed by atoms with van der Waals surface area (Å²) < 4.78 is 2.24. The zero-order chi connectivity index (χ0) is 24.6. The molecule has 0 aliphatic rings. The average Bonchev–Trinajstić information content (AvgIpc) is 3.37. The Kier molecular flexibility index (Phi) is 5.07. The van der Waals surface area contributed by atoms with Crippen LogP contribution in [0.5, 0.6) is 0 Å². The number of para-hydroxylation sites is 3. The SMILES string of the molecule is c1ccc(-n2c(-c3cc(-c4cccnc4)cc(-c4cccc5ccncc45)c3)nc3ccccc32)cc1. The van der Waals surface area contributed by atoms with Gasteiger partial charge in [0.25, 0.3) is 0 Å². The Labute approximate surface area is 214 Å². The van der Waals surface area contributed by atoms with E-state index in [2.05, 4.69) is 106 Å². The quantitative estimate of drug-likeness (QED) is 0.260. The monoisotopic (exact) mass is 474 g/mol. The molecule has 3 aromatic heterocycles. The zero-order valence-corrected chi connectivity index (χ0v) is 20.0. The summed E-state index contributed by atoms with van der Waals surface area (Å²) in [4.78, 5) is 13.9. The van der Waals surface area contributed by atoms with Gasteiger partial charge in [0.05, 0.1) is 11.0 Å². The van der Waals surface area contributed by atoms with Gasteiger partial charge in [0, 0.05) is 47.0 Å². The van der Waals surface area contributed by atoms with Crippen molar-refractivity contribution in [3.63, 3.8) is 0 Å². The Bertz CT molecular complexity index is 1870. The van der Waals surface area contributed by atoms with Gasteiger partial charge in [-0.15, -0.1) is 0 Å². The molecule has 0 saturated heterocycles. The van der Waals surface area contributed by atoms with Gasteiger partial charge in [-0.05, 0) is 76.7 Å². The topological polar surface area (TPSA) is 43.6 Å². The highest BCUT2D eigenvalue weighted by Gasteiger charge is 2.17. The maximum Gasteiger partial charge on any atom is 0.145 e. The fourth-order valence-corrected chi connectivity index (χ4v) is 5.04. The van der Waals surface area contributed by atoms with Crippen LogP contribution < -0.4 is 0 Å². The van der Waals surface area contributed by atoms with Crippen molar-refractivity contribution in [2.75, 3.05) is 0 Å². The van der Waals surface area contributed by atoms with Crippen molar-refractivity contribution in [2.24, 2.45) is 0 Å². The van der Waals surface area contributed by atoms with Crippen molar-refractivity contribution in [3.05, 3.63) is 134 Å². The maximum atomic E-state index is 5.13. The summed E-state index contributed by atoms with van der Waals surface area (Å²) in [5.74, 6) is 0.901. The normalized spacial score (nSPS) is 11.2. The number of nitrogens with zero attached hydrogens (tertiary/aromatic N) is 4. The minimum Gasteiger partial charge on any atom is -0.292 e. The molecule has 0 spiro atoms. The van der Waals surface area contributed by atoms with Crippen molar-refractivity contribution in [2.45, 2.75) is 0 Å². The van der Waals surface area contributed by atoms with E-state index in [4.69, 9.17) is 4.98 Å². The summed E-state index contributed by atoms with van der Waals surface area (Å²) >= 11 is 0. The van der Waals surface area contributed by atoms with E-state index in [-0.39, 0.29) is 0 Å². The van der Waals surface area contributed by atoms with E-state index in [1.807, 2.05) is 36.8 Å². The lowest BCUT2D eigenvalue weighted by atomic mass is 9.94. The first kappa shape index (κ1) is 21.2. The summed E-state index contributed by atoms with van der Waals surface area (Å²) in [7, 11) is 0. The van der Waals surface area contributed by atoms with Crippen molar-refractivity contribution in [1.82, 2.24) is 19.5 Å². The lowest BCUT2D eigenvalue weighted by Gasteiger charge is -2.14. The number of hydrogen-bond donors (Lipinski definition) is 0. The van der Waals surface area contributed by atoms with E-state index < -0.39 is 0 Å². The third kappa shape index (κ3) is 3.76. The summed E-state index contributed by atoms with van der Waals surface area (Å²) in [6.07, 6.45) is 7.50. The molecular weight excluding hydrogens is 452 g/mol. The van der Waals surface area contributed by atoms with Gasteiger partial charge in [0.1, 0.15) is 5.82 Å². The van der Waals surface area contributed by atoms with Gasteiger partial charge in [0.2, 0.25) is 0 Å². The van der Waals surface area contributed by atoms with Gasteiger partial charge in [-0.3, -0.25) is 14.5 Å². The van der Waals surface area contributed by atoms with Crippen LogP contribution in [-0.2, 0) is 0 Å². The van der Waals surface area contributed by atoms with Gasteiger partial charge in [-0.1, -0.05) is 54.6 Å². The Morgan fingerprint density at radius 3 is 2.24 bits per heavy atom. The predicted octanol–water partition coefficient (Wildman–Crippen LogP) is 7.97. The molecule has 3 heterocycles. The fourth-order valence-electron chi connectivity index (χ4n) is 5.04. The van der Waals surface area contributed by atoms with Gasteiger partial charge in [-0.2, -0.15) is 0 Å². The van der Waals surface area contributed by atoms with Gasteiger partial charge in [0.15, 0.2) is 0 Å². The molecule has 174 valence electrons. The van der Waals surface area contributed by atoms with Crippen LogP contribution in [0, 0.1) is 0 Å². The molecule has 0 atom stereocenters. The summed E-state index contributed by atoms with van der Waals surface area (Å²) in [5, 5.41) is 2.29. The van der Waals surface area contributed by atoms with Crippen molar-refractivity contribution in [3.8, 4) is 39.3 Å². The molecule has 0 radical (unpaired) electrons. The van der Waals surface area contributed by atoms with E-state index >= 15 is 0 Å². The third-order valence-corrected chi connectivity index (χ3v) is 6.76. The van der Waals surface area contributed by atoms with E-state index in [9.17, 15) is 0 Å².